The summed E-state index contributed by atoms with van der Waals surface area (Å²) in [5, 5.41) is 3.66. The average molecular weight is 227 g/mol. The van der Waals surface area contributed by atoms with Crippen molar-refractivity contribution in [2.45, 2.75) is 31.7 Å². The monoisotopic (exact) mass is 227 g/mol. The highest BCUT2D eigenvalue weighted by Crippen LogP contribution is 2.39. The summed E-state index contributed by atoms with van der Waals surface area (Å²) in [5.74, 6) is 1.16. The van der Waals surface area contributed by atoms with Gasteiger partial charge in [-0.1, -0.05) is 0 Å². The lowest BCUT2D eigenvalue weighted by atomic mass is 10.3. The number of carbonyl (C=O) groups excluding carboxylic acids is 1. The molecule has 1 aliphatic rings. The highest BCUT2D eigenvalue weighted by molar-refractivity contribution is 7.09. The Kier molecular flexibility index (Phi) is 2.86. The number of aromatic nitrogens is 2. The minimum Gasteiger partial charge on any atom is -0.467 e. The predicted molar refractivity (Wildman–Crippen MR) is 57.0 cm³/mol. The van der Waals surface area contributed by atoms with Crippen molar-refractivity contribution in [2.24, 2.45) is 0 Å². The second-order valence-corrected chi connectivity index (χ2v) is 4.37. The summed E-state index contributed by atoms with van der Waals surface area (Å²) in [6.45, 7) is 1.74. The summed E-state index contributed by atoms with van der Waals surface area (Å²) in [6, 6.07) is -0.380. The fraction of sp³-hybridized carbons (Fsp3) is 0.667. The van der Waals surface area contributed by atoms with Gasteiger partial charge in [0.25, 0.3) is 0 Å². The average Bonchev–Trinajstić information content (AvgIpc) is 2.99. The van der Waals surface area contributed by atoms with Crippen molar-refractivity contribution in [3.05, 3.63) is 5.82 Å². The first kappa shape index (κ1) is 10.4. The van der Waals surface area contributed by atoms with E-state index < -0.39 is 0 Å². The third-order valence-electron chi connectivity index (χ3n) is 2.28. The van der Waals surface area contributed by atoms with Gasteiger partial charge in [0.2, 0.25) is 5.13 Å². The molecule has 0 aromatic carbocycles. The van der Waals surface area contributed by atoms with Gasteiger partial charge in [0.05, 0.1) is 7.11 Å². The third kappa shape index (κ3) is 2.44. The molecule has 1 aromatic heterocycles. The normalized spacial score (nSPS) is 17.2. The Labute approximate surface area is 92.0 Å². The SMILES string of the molecule is COC(=O)C(C)Nc1nc(C2CC2)ns1. The van der Waals surface area contributed by atoms with E-state index in [1.807, 2.05) is 0 Å². The summed E-state index contributed by atoms with van der Waals surface area (Å²) >= 11 is 1.29. The van der Waals surface area contributed by atoms with Gasteiger partial charge in [-0.3, -0.25) is 0 Å². The first-order chi connectivity index (χ1) is 7.20. The van der Waals surface area contributed by atoms with E-state index >= 15 is 0 Å². The second kappa shape index (κ2) is 4.14. The Morgan fingerprint density at radius 3 is 3.00 bits per heavy atom. The zero-order valence-electron chi connectivity index (χ0n) is 8.69. The van der Waals surface area contributed by atoms with Crippen molar-refractivity contribution in [3.8, 4) is 0 Å². The fourth-order valence-corrected chi connectivity index (χ4v) is 1.96. The van der Waals surface area contributed by atoms with Gasteiger partial charge in [-0.15, -0.1) is 0 Å². The lowest BCUT2D eigenvalue weighted by Crippen LogP contribution is -2.27. The number of ether oxygens (including phenoxy) is 1. The van der Waals surface area contributed by atoms with Gasteiger partial charge in [0.15, 0.2) is 0 Å². The molecule has 1 aromatic rings. The Morgan fingerprint density at radius 2 is 2.40 bits per heavy atom. The van der Waals surface area contributed by atoms with Crippen molar-refractivity contribution in [1.29, 1.82) is 0 Å². The topological polar surface area (TPSA) is 64.1 Å². The first-order valence-corrected chi connectivity index (χ1v) is 5.66. The minimum absolute atomic E-state index is 0.293. The van der Waals surface area contributed by atoms with E-state index in [0.29, 0.717) is 11.0 Å². The molecule has 2 rings (SSSR count). The van der Waals surface area contributed by atoms with Crippen molar-refractivity contribution >= 4 is 22.6 Å². The van der Waals surface area contributed by atoms with Crippen LogP contribution in [0.15, 0.2) is 0 Å². The van der Waals surface area contributed by atoms with Crippen LogP contribution < -0.4 is 5.32 Å². The number of anilines is 1. The quantitative estimate of drug-likeness (QED) is 0.787. The van der Waals surface area contributed by atoms with Gasteiger partial charge < -0.3 is 10.1 Å². The molecule has 1 heterocycles. The van der Waals surface area contributed by atoms with Gasteiger partial charge in [0.1, 0.15) is 11.9 Å². The number of carbonyl (C=O) groups is 1. The molecule has 1 unspecified atom stereocenters. The van der Waals surface area contributed by atoms with Crippen LogP contribution in [0.3, 0.4) is 0 Å². The van der Waals surface area contributed by atoms with Gasteiger partial charge in [-0.05, 0) is 19.8 Å². The van der Waals surface area contributed by atoms with Crippen molar-refractivity contribution in [1.82, 2.24) is 9.36 Å². The summed E-state index contributed by atoms with van der Waals surface area (Å²) < 4.78 is 8.84. The van der Waals surface area contributed by atoms with Crippen molar-refractivity contribution < 1.29 is 9.53 Å². The molecule has 5 nitrogen and oxygen atoms in total. The predicted octanol–water partition coefficient (Wildman–Crippen LogP) is 1.39. The van der Waals surface area contributed by atoms with Crippen LogP contribution in [-0.2, 0) is 9.53 Å². The van der Waals surface area contributed by atoms with E-state index in [1.54, 1.807) is 6.92 Å². The lowest BCUT2D eigenvalue weighted by Gasteiger charge is -2.08. The molecule has 1 N–H and O–H groups in total. The maximum absolute atomic E-state index is 11.1. The van der Waals surface area contributed by atoms with E-state index in [2.05, 4.69) is 19.4 Å². The summed E-state index contributed by atoms with van der Waals surface area (Å²) in [7, 11) is 1.37. The fourth-order valence-electron chi connectivity index (χ4n) is 1.22. The first-order valence-electron chi connectivity index (χ1n) is 4.88. The number of hydrogen-bond donors (Lipinski definition) is 1. The molecular formula is C9H13N3O2S. The number of nitrogens with one attached hydrogen (secondary N) is 1. The van der Waals surface area contributed by atoms with E-state index in [1.165, 1.54) is 31.5 Å². The van der Waals surface area contributed by atoms with Crippen molar-refractivity contribution in [2.75, 3.05) is 12.4 Å². The molecule has 15 heavy (non-hydrogen) atoms. The highest BCUT2D eigenvalue weighted by Gasteiger charge is 2.28. The van der Waals surface area contributed by atoms with E-state index in [4.69, 9.17) is 0 Å². The Bertz CT molecular complexity index is 362. The van der Waals surface area contributed by atoms with Gasteiger partial charge in [-0.2, -0.15) is 4.37 Å². The molecular weight excluding hydrogens is 214 g/mol. The molecule has 0 aliphatic heterocycles. The molecule has 0 amide bonds. The number of nitrogens with zero attached hydrogens (tertiary/aromatic N) is 2. The van der Waals surface area contributed by atoms with Crippen LogP contribution in [0.5, 0.6) is 0 Å². The van der Waals surface area contributed by atoms with E-state index in [0.717, 1.165) is 5.82 Å². The molecule has 1 fully saturated rings. The van der Waals surface area contributed by atoms with Crippen molar-refractivity contribution in [3.63, 3.8) is 0 Å². The Balaban J connectivity index is 1.94. The van der Waals surface area contributed by atoms with Crippen LogP contribution >= 0.6 is 11.5 Å². The lowest BCUT2D eigenvalue weighted by molar-refractivity contribution is -0.141. The zero-order valence-corrected chi connectivity index (χ0v) is 9.50. The Morgan fingerprint density at radius 1 is 1.67 bits per heavy atom. The van der Waals surface area contributed by atoms with Crippen LogP contribution in [-0.4, -0.2) is 28.5 Å². The van der Waals surface area contributed by atoms with Crippen LogP contribution in [0, 0.1) is 0 Å². The Hall–Kier alpha value is -1.17. The van der Waals surface area contributed by atoms with Crippen LogP contribution in [0.25, 0.3) is 0 Å². The molecule has 6 heteroatoms. The maximum Gasteiger partial charge on any atom is 0.328 e. The maximum atomic E-state index is 11.1. The van der Waals surface area contributed by atoms with Gasteiger partial charge in [0, 0.05) is 17.5 Å². The number of hydrogen-bond acceptors (Lipinski definition) is 6. The summed E-state index contributed by atoms with van der Waals surface area (Å²) in [4.78, 5) is 15.5. The van der Waals surface area contributed by atoms with Gasteiger partial charge in [-0.25, -0.2) is 9.78 Å². The molecule has 82 valence electrons. The standard InChI is InChI=1S/C9H13N3O2S/c1-5(8(13)14-2)10-9-11-7(12-15-9)6-3-4-6/h5-6H,3-4H2,1-2H3,(H,10,11,12). The number of rotatable bonds is 4. The minimum atomic E-state index is -0.380. The largest absolute Gasteiger partial charge is 0.467 e. The third-order valence-corrected chi connectivity index (χ3v) is 2.94. The molecule has 0 radical (unpaired) electrons. The molecule has 0 spiro atoms. The van der Waals surface area contributed by atoms with E-state index in [9.17, 15) is 4.79 Å². The number of esters is 1. The molecule has 1 saturated carbocycles. The highest BCUT2D eigenvalue weighted by atomic mass is 32.1. The molecule has 0 bridgehead atoms. The number of methoxy groups -OCH3 is 1. The smallest absolute Gasteiger partial charge is 0.328 e. The van der Waals surface area contributed by atoms with Crippen LogP contribution in [0.4, 0.5) is 5.13 Å². The van der Waals surface area contributed by atoms with Crippen LogP contribution in [0.2, 0.25) is 0 Å². The van der Waals surface area contributed by atoms with Crippen LogP contribution in [0.1, 0.15) is 31.5 Å². The molecule has 1 aliphatic carbocycles. The second-order valence-electron chi connectivity index (χ2n) is 3.62. The van der Waals surface area contributed by atoms with E-state index in [-0.39, 0.29) is 12.0 Å². The zero-order chi connectivity index (χ0) is 10.8. The summed E-state index contributed by atoms with van der Waals surface area (Å²) in [5.41, 5.74) is 0. The molecule has 1 atom stereocenters. The summed E-state index contributed by atoms with van der Waals surface area (Å²) in [6.07, 6.45) is 2.37. The van der Waals surface area contributed by atoms with Gasteiger partial charge >= 0.3 is 5.97 Å². The molecule has 0 saturated heterocycles.